The van der Waals surface area contributed by atoms with Crippen molar-refractivity contribution in [3.8, 4) is 0 Å². The molecule has 2 N–H and O–H groups in total. The van der Waals surface area contributed by atoms with Gasteiger partial charge in [0, 0.05) is 0 Å². The fourth-order valence-electron chi connectivity index (χ4n) is 3.63. The van der Waals surface area contributed by atoms with E-state index in [9.17, 15) is 0 Å². The van der Waals surface area contributed by atoms with E-state index < -0.39 is 0 Å². The quantitative estimate of drug-likeness (QED) is 0.672. The van der Waals surface area contributed by atoms with Gasteiger partial charge in [-0.3, -0.25) is 0 Å². The SMILES string of the molecule is CC1(C)CC12CCCC2CCN. The van der Waals surface area contributed by atoms with Gasteiger partial charge in [0.15, 0.2) is 0 Å². The highest BCUT2D eigenvalue weighted by Crippen LogP contribution is 2.73. The van der Waals surface area contributed by atoms with Crippen molar-refractivity contribution in [2.75, 3.05) is 6.54 Å². The van der Waals surface area contributed by atoms with E-state index in [4.69, 9.17) is 5.73 Å². The largest absolute Gasteiger partial charge is 0.330 e. The van der Waals surface area contributed by atoms with E-state index in [1.165, 1.54) is 32.1 Å². The van der Waals surface area contributed by atoms with Crippen LogP contribution in [0.1, 0.15) is 46.0 Å². The molecule has 2 aliphatic rings. The van der Waals surface area contributed by atoms with Crippen molar-refractivity contribution in [2.45, 2.75) is 46.0 Å². The minimum absolute atomic E-state index is 0.642. The molecule has 0 aliphatic heterocycles. The fourth-order valence-corrected chi connectivity index (χ4v) is 3.63. The molecule has 0 amide bonds. The summed E-state index contributed by atoms with van der Waals surface area (Å²) in [6, 6.07) is 0. The van der Waals surface area contributed by atoms with Crippen LogP contribution in [0.4, 0.5) is 0 Å². The average Bonchev–Trinajstić information content (AvgIpc) is 2.39. The third-order valence-electron chi connectivity index (χ3n) is 4.45. The van der Waals surface area contributed by atoms with Gasteiger partial charge in [-0.25, -0.2) is 0 Å². The van der Waals surface area contributed by atoms with Crippen LogP contribution < -0.4 is 5.73 Å². The maximum atomic E-state index is 5.65. The van der Waals surface area contributed by atoms with Gasteiger partial charge in [-0.2, -0.15) is 0 Å². The molecule has 1 heteroatoms. The minimum Gasteiger partial charge on any atom is -0.330 e. The Hall–Kier alpha value is -0.0400. The molecule has 1 spiro atoms. The van der Waals surface area contributed by atoms with E-state index in [1.54, 1.807) is 0 Å². The maximum Gasteiger partial charge on any atom is -0.00744 e. The van der Waals surface area contributed by atoms with Crippen molar-refractivity contribution in [1.29, 1.82) is 0 Å². The van der Waals surface area contributed by atoms with Crippen molar-refractivity contribution in [2.24, 2.45) is 22.5 Å². The lowest BCUT2D eigenvalue weighted by Gasteiger charge is -2.22. The molecule has 2 fully saturated rings. The zero-order valence-electron chi connectivity index (χ0n) is 8.40. The van der Waals surface area contributed by atoms with Gasteiger partial charge in [0.2, 0.25) is 0 Å². The zero-order chi connectivity index (χ0) is 8.82. The van der Waals surface area contributed by atoms with E-state index >= 15 is 0 Å². The first-order valence-corrected chi connectivity index (χ1v) is 5.32. The highest BCUT2D eigenvalue weighted by Gasteiger charge is 2.65. The molecule has 2 atom stereocenters. The second-order valence-electron chi connectivity index (χ2n) is 5.38. The Morgan fingerprint density at radius 2 is 2.08 bits per heavy atom. The second-order valence-corrected chi connectivity index (χ2v) is 5.38. The second kappa shape index (κ2) is 2.47. The summed E-state index contributed by atoms with van der Waals surface area (Å²) < 4.78 is 0. The summed E-state index contributed by atoms with van der Waals surface area (Å²) in [6.07, 6.45) is 7.10. The Morgan fingerprint density at radius 1 is 1.42 bits per heavy atom. The summed E-state index contributed by atoms with van der Waals surface area (Å²) >= 11 is 0. The fraction of sp³-hybridized carbons (Fsp3) is 1.00. The molecular formula is C11H21N. The summed E-state index contributed by atoms with van der Waals surface area (Å²) in [4.78, 5) is 0. The summed E-state index contributed by atoms with van der Waals surface area (Å²) in [5, 5.41) is 0. The van der Waals surface area contributed by atoms with Gasteiger partial charge in [0.1, 0.15) is 0 Å². The Labute approximate surface area is 75.7 Å². The molecule has 1 nitrogen and oxygen atoms in total. The lowest BCUT2D eigenvalue weighted by atomic mass is 9.83. The van der Waals surface area contributed by atoms with Crippen LogP contribution in [0.3, 0.4) is 0 Å². The van der Waals surface area contributed by atoms with Gasteiger partial charge >= 0.3 is 0 Å². The van der Waals surface area contributed by atoms with Crippen LogP contribution >= 0.6 is 0 Å². The number of nitrogens with two attached hydrogens (primary N) is 1. The van der Waals surface area contributed by atoms with Crippen molar-refractivity contribution < 1.29 is 0 Å². The van der Waals surface area contributed by atoms with Crippen LogP contribution in [0.5, 0.6) is 0 Å². The van der Waals surface area contributed by atoms with Crippen LogP contribution in [0.25, 0.3) is 0 Å². The van der Waals surface area contributed by atoms with Gasteiger partial charge < -0.3 is 5.73 Å². The highest BCUT2D eigenvalue weighted by atomic mass is 14.7. The Morgan fingerprint density at radius 3 is 2.58 bits per heavy atom. The summed E-state index contributed by atoms with van der Waals surface area (Å²) in [5.41, 5.74) is 7.02. The van der Waals surface area contributed by atoms with Gasteiger partial charge in [-0.15, -0.1) is 0 Å². The molecule has 0 saturated heterocycles. The predicted octanol–water partition coefficient (Wildman–Crippen LogP) is 2.55. The lowest BCUT2D eigenvalue weighted by molar-refractivity contribution is 0.275. The number of rotatable bonds is 2. The molecule has 0 aromatic carbocycles. The summed E-state index contributed by atoms with van der Waals surface area (Å²) in [5.74, 6) is 0.956. The molecule has 2 aliphatic carbocycles. The monoisotopic (exact) mass is 167 g/mol. The first-order valence-electron chi connectivity index (χ1n) is 5.32. The van der Waals surface area contributed by atoms with Crippen LogP contribution in [-0.4, -0.2) is 6.54 Å². The van der Waals surface area contributed by atoms with E-state index in [-0.39, 0.29) is 0 Å². The smallest absolute Gasteiger partial charge is 0.00744 e. The third kappa shape index (κ3) is 0.953. The van der Waals surface area contributed by atoms with Crippen LogP contribution in [0, 0.1) is 16.7 Å². The molecule has 2 rings (SSSR count). The molecule has 12 heavy (non-hydrogen) atoms. The molecule has 2 unspecified atom stereocenters. The Balaban J connectivity index is 2.06. The number of hydrogen-bond acceptors (Lipinski definition) is 1. The maximum absolute atomic E-state index is 5.65. The normalized spacial score (nSPS) is 43.8. The molecule has 0 radical (unpaired) electrons. The molecular weight excluding hydrogens is 146 g/mol. The molecule has 0 heterocycles. The lowest BCUT2D eigenvalue weighted by Crippen LogP contribution is -2.18. The van der Waals surface area contributed by atoms with Crippen molar-refractivity contribution in [3.63, 3.8) is 0 Å². The molecule has 0 bridgehead atoms. The average molecular weight is 167 g/mol. The van der Waals surface area contributed by atoms with Crippen LogP contribution in [0.15, 0.2) is 0 Å². The van der Waals surface area contributed by atoms with E-state index in [0.29, 0.717) is 5.41 Å². The van der Waals surface area contributed by atoms with Gasteiger partial charge in [-0.1, -0.05) is 20.3 Å². The summed E-state index contributed by atoms with van der Waals surface area (Å²) in [7, 11) is 0. The Kier molecular flexibility index (Phi) is 1.76. The highest BCUT2D eigenvalue weighted by molar-refractivity contribution is 5.14. The van der Waals surface area contributed by atoms with E-state index in [0.717, 1.165) is 17.9 Å². The van der Waals surface area contributed by atoms with Crippen LogP contribution in [-0.2, 0) is 0 Å². The number of hydrogen-bond donors (Lipinski definition) is 1. The standard InChI is InChI=1S/C11H21N/c1-10(2)8-11(10)6-3-4-9(11)5-7-12/h9H,3-8,12H2,1-2H3. The zero-order valence-corrected chi connectivity index (χ0v) is 8.40. The van der Waals surface area contributed by atoms with Gasteiger partial charge in [-0.05, 0) is 49.0 Å². The Bertz CT molecular complexity index is 181. The van der Waals surface area contributed by atoms with Gasteiger partial charge in [0.05, 0.1) is 0 Å². The summed E-state index contributed by atoms with van der Waals surface area (Å²) in [6.45, 7) is 5.76. The van der Waals surface area contributed by atoms with E-state index in [2.05, 4.69) is 13.8 Å². The molecule has 0 aromatic heterocycles. The first kappa shape index (κ1) is 8.55. The molecule has 0 aromatic rings. The van der Waals surface area contributed by atoms with Crippen molar-refractivity contribution >= 4 is 0 Å². The first-order chi connectivity index (χ1) is 5.62. The molecule has 2 saturated carbocycles. The van der Waals surface area contributed by atoms with Crippen molar-refractivity contribution in [1.82, 2.24) is 0 Å². The topological polar surface area (TPSA) is 26.0 Å². The van der Waals surface area contributed by atoms with Gasteiger partial charge in [0.25, 0.3) is 0 Å². The van der Waals surface area contributed by atoms with Crippen molar-refractivity contribution in [3.05, 3.63) is 0 Å². The minimum atomic E-state index is 0.642. The van der Waals surface area contributed by atoms with Crippen LogP contribution in [0.2, 0.25) is 0 Å². The predicted molar refractivity (Wildman–Crippen MR) is 51.8 cm³/mol. The third-order valence-corrected chi connectivity index (χ3v) is 4.45. The van der Waals surface area contributed by atoms with E-state index in [1.807, 2.05) is 0 Å². The molecule has 70 valence electrons.